The molecule has 2 heterocycles. The summed E-state index contributed by atoms with van der Waals surface area (Å²) >= 11 is 0. The van der Waals surface area contributed by atoms with Crippen LogP contribution in [0.3, 0.4) is 0 Å². The third-order valence-corrected chi connectivity index (χ3v) is 4.33. The standard InChI is InChI=1S/C19H18N4/c20-10-13-7-6-12(15-4-2-8-22-18(13)15)9-14-11-23-19-16(14)3-1-5-17(19)21/h1-9,23H,10-11,20-21H2. The second-order valence-corrected chi connectivity index (χ2v) is 5.71. The van der Waals surface area contributed by atoms with Crippen LogP contribution in [0.2, 0.25) is 0 Å². The lowest BCUT2D eigenvalue weighted by Gasteiger charge is -2.08. The average Bonchev–Trinajstić information content (AvgIpc) is 3.00. The van der Waals surface area contributed by atoms with E-state index >= 15 is 0 Å². The number of aromatic nitrogens is 1. The molecule has 0 saturated carbocycles. The van der Waals surface area contributed by atoms with Crippen LogP contribution in [-0.4, -0.2) is 11.5 Å². The molecule has 4 nitrogen and oxygen atoms in total. The Kier molecular flexibility index (Phi) is 3.24. The van der Waals surface area contributed by atoms with Crippen LogP contribution in [0.15, 0.2) is 48.7 Å². The number of anilines is 2. The van der Waals surface area contributed by atoms with Crippen LogP contribution in [0.1, 0.15) is 16.7 Å². The van der Waals surface area contributed by atoms with Crippen molar-refractivity contribution in [1.29, 1.82) is 0 Å². The van der Waals surface area contributed by atoms with Crippen molar-refractivity contribution in [2.45, 2.75) is 6.54 Å². The van der Waals surface area contributed by atoms with Gasteiger partial charge in [-0.15, -0.1) is 0 Å². The highest BCUT2D eigenvalue weighted by atomic mass is 14.9. The first kappa shape index (κ1) is 13.8. The Bertz CT molecular complexity index is 928. The molecule has 1 aromatic heterocycles. The first-order valence-electron chi connectivity index (χ1n) is 7.68. The molecule has 23 heavy (non-hydrogen) atoms. The molecule has 4 rings (SSSR count). The van der Waals surface area contributed by atoms with Crippen LogP contribution in [0.4, 0.5) is 11.4 Å². The molecule has 1 aliphatic rings. The Balaban J connectivity index is 1.88. The Morgan fingerprint density at radius 3 is 2.91 bits per heavy atom. The summed E-state index contributed by atoms with van der Waals surface area (Å²) in [6.45, 7) is 1.27. The van der Waals surface area contributed by atoms with Crippen molar-refractivity contribution in [2.75, 3.05) is 17.6 Å². The van der Waals surface area contributed by atoms with Gasteiger partial charge in [0.15, 0.2) is 0 Å². The number of fused-ring (bicyclic) bond motifs is 2. The first-order chi connectivity index (χ1) is 11.3. The summed E-state index contributed by atoms with van der Waals surface area (Å²) in [7, 11) is 0. The highest BCUT2D eigenvalue weighted by Crippen LogP contribution is 2.36. The molecule has 4 heteroatoms. The SMILES string of the molecule is NCc1ccc(C=C2CNc3c(N)cccc32)c2cccnc12. The van der Waals surface area contributed by atoms with Crippen molar-refractivity contribution in [1.82, 2.24) is 4.98 Å². The second kappa shape index (κ2) is 5.41. The number of benzene rings is 2. The maximum absolute atomic E-state index is 6.04. The summed E-state index contributed by atoms with van der Waals surface area (Å²) in [5.41, 5.74) is 19.3. The predicted molar refractivity (Wildman–Crippen MR) is 96.8 cm³/mol. The van der Waals surface area contributed by atoms with E-state index in [1.54, 1.807) is 0 Å². The maximum Gasteiger partial charge on any atom is 0.0752 e. The van der Waals surface area contributed by atoms with Crippen LogP contribution in [0.5, 0.6) is 0 Å². The van der Waals surface area contributed by atoms with Crippen LogP contribution < -0.4 is 16.8 Å². The fourth-order valence-electron chi connectivity index (χ4n) is 3.17. The number of rotatable bonds is 2. The molecule has 2 aromatic carbocycles. The van der Waals surface area contributed by atoms with E-state index in [9.17, 15) is 0 Å². The minimum absolute atomic E-state index is 0.491. The van der Waals surface area contributed by atoms with Gasteiger partial charge in [0, 0.05) is 30.2 Å². The Morgan fingerprint density at radius 1 is 1.13 bits per heavy atom. The van der Waals surface area contributed by atoms with Crippen molar-refractivity contribution in [3.05, 3.63) is 65.4 Å². The van der Waals surface area contributed by atoms with E-state index in [4.69, 9.17) is 11.5 Å². The molecule has 0 bridgehead atoms. The number of nitrogen functional groups attached to an aromatic ring is 1. The smallest absolute Gasteiger partial charge is 0.0752 e. The Labute approximate surface area is 134 Å². The van der Waals surface area contributed by atoms with Crippen molar-refractivity contribution in [3.8, 4) is 0 Å². The van der Waals surface area contributed by atoms with Crippen LogP contribution in [0, 0.1) is 0 Å². The van der Waals surface area contributed by atoms with E-state index in [-0.39, 0.29) is 0 Å². The molecule has 0 spiro atoms. The lowest BCUT2D eigenvalue weighted by atomic mass is 9.99. The number of hydrogen-bond acceptors (Lipinski definition) is 4. The van der Waals surface area contributed by atoms with Crippen LogP contribution in [0.25, 0.3) is 22.6 Å². The van der Waals surface area contributed by atoms with Gasteiger partial charge in [0.2, 0.25) is 0 Å². The quantitative estimate of drug-likeness (QED) is 0.635. The zero-order valence-electron chi connectivity index (χ0n) is 12.7. The van der Waals surface area contributed by atoms with E-state index in [0.717, 1.165) is 39.9 Å². The van der Waals surface area contributed by atoms with E-state index in [0.29, 0.717) is 6.54 Å². The van der Waals surface area contributed by atoms with E-state index in [2.05, 4.69) is 40.6 Å². The fraction of sp³-hybridized carbons (Fsp3) is 0.105. The van der Waals surface area contributed by atoms with Crippen molar-refractivity contribution in [2.24, 2.45) is 5.73 Å². The third kappa shape index (κ3) is 2.24. The normalized spacial score (nSPS) is 14.9. The molecule has 0 unspecified atom stereocenters. The highest BCUT2D eigenvalue weighted by Gasteiger charge is 2.17. The molecule has 0 radical (unpaired) electrons. The van der Waals surface area contributed by atoms with Gasteiger partial charge in [0.25, 0.3) is 0 Å². The maximum atomic E-state index is 6.04. The second-order valence-electron chi connectivity index (χ2n) is 5.71. The molecule has 5 N–H and O–H groups in total. The monoisotopic (exact) mass is 302 g/mol. The van der Waals surface area contributed by atoms with Gasteiger partial charge in [-0.25, -0.2) is 0 Å². The van der Waals surface area contributed by atoms with Gasteiger partial charge in [-0.05, 0) is 34.9 Å². The molecule has 1 aliphatic heterocycles. The highest BCUT2D eigenvalue weighted by molar-refractivity contribution is 6.01. The largest absolute Gasteiger partial charge is 0.397 e. The number of pyridine rings is 1. The van der Waals surface area contributed by atoms with Crippen molar-refractivity contribution < 1.29 is 0 Å². The van der Waals surface area contributed by atoms with Gasteiger partial charge in [0.05, 0.1) is 16.9 Å². The number of nitrogens with zero attached hydrogens (tertiary/aromatic N) is 1. The van der Waals surface area contributed by atoms with E-state index in [1.165, 1.54) is 11.1 Å². The van der Waals surface area contributed by atoms with Gasteiger partial charge in [-0.3, -0.25) is 4.98 Å². The molecule has 0 fully saturated rings. The average molecular weight is 302 g/mol. The van der Waals surface area contributed by atoms with Gasteiger partial charge in [0.1, 0.15) is 0 Å². The van der Waals surface area contributed by atoms with Crippen LogP contribution in [-0.2, 0) is 6.54 Å². The molecule has 0 saturated heterocycles. The summed E-state index contributed by atoms with van der Waals surface area (Å²) in [4.78, 5) is 4.50. The first-order valence-corrected chi connectivity index (χ1v) is 7.68. The van der Waals surface area contributed by atoms with Crippen LogP contribution >= 0.6 is 0 Å². The van der Waals surface area contributed by atoms with Gasteiger partial charge in [-0.2, -0.15) is 0 Å². The minimum atomic E-state index is 0.491. The fourth-order valence-corrected chi connectivity index (χ4v) is 3.17. The number of nitrogens with two attached hydrogens (primary N) is 2. The zero-order chi connectivity index (χ0) is 15.8. The zero-order valence-corrected chi connectivity index (χ0v) is 12.7. The van der Waals surface area contributed by atoms with Crippen molar-refractivity contribution >= 4 is 33.9 Å². The van der Waals surface area contributed by atoms with Crippen molar-refractivity contribution in [3.63, 3.8) is 0 Å². The minimum Gasteiger partial charge on any atom is -0.397 e. The lowest BCUT2D eigenvalue weighted by molar-refractivity contribution is 1.08. The molecule has 3 aromatic rings. The summed E-state index contributed by atoms with van der Waals surface area (Å²) < 4.78 is 0. The van der Waals surface area contributed by atoms with Gasteiger partial charge < -0.3 is 16.8 Å². The summed E-state index contributed by atoms with van der Waals surface area (Å²) in [6.07, 6.45) is 4.02. The molecule has 0 aliphatic carbocycles. The number of hydrogen-bond donors (Lipinski definition) is 3. The Hall–Kier alpha value is -2.85. The molecule has 0 amide bonds. The molecule has 114 valence electrons. The predicted octanol–water partition coefficient (Wildman–Crippen LogP) is 3.24. The Morgan fingerprint density at radius 2 is 2.04 bits per heavy atom. The third-order valence-electron chi connectivity index (χ3n) is 4.33. The number of nitrogens with one attached hydrogen (secondary N) is 1. The summed E-state index contributed by atoms with van der Waals surface area (Å²) in [5.74, 6) is 0. The molecular formula is C19H18N4. The summed E-state index contributed by atoms with van der Waals surface area (Å²) in [6, 6.07) is 14.2. The van der Waals surface area contributed by atoms with E-state index < -0.39 is 0 Å². The molecular weight excluding hydrogens is 284 g/mol. The molecule has 0 atom stereocenters. The van der Waals surface area contributed by atoms with Gasteiger partial charge in [-0.1, -0.05) is 30.3 Å². The summed E-state index contributed by atoms with van der Waals surface area (Å²) in [5, 5.41) is 4.51. The van der Waals surface area contributed by atoms with Gasteiger partial charge >= 0.3 is 0 Å². The van der Waals surface area contributed by atoms with E-state index in [1.807, 2.05) is 24.4 Å². The topological polar surface area (TPSA) is 77.0 Å². The lowest BCUT2D eigenvalue weighted by Crippen LogP contribution is -1.99. The number of para-hydroxylation sites is 1.